The Morgan fingerprint density at radius 3 is 2.24 bits per heavy atom. The third-order valence-corrected chi connectivity index (χ3v) is 8.49. The van der Waals surface area contributed by atoms with Crippen molar-refractivity contribution >= 4 is 8.07 Å². The van der Waals surface area contributed by atoms with Gasteiger partial charge in [0.2, 0.25) is 0 Å². The molecular formula is C15H24OSi. The molecule has 0 spiro atoms. The van der Waals surface area contributed by atoms with Crippen LogP contribution in [-0.4, -0.2) is 14.7 Å². The molecule has 0 aliphatic carbocycles. The van der Waals surface area contributed by atoms with Gasteiger partial charge in [0.05, 0.1) is 8.07 Å². The lowest BCUT2D eigenvalue weighted by Gasteiger charge is -2.34. The van der Waals surface area contributed by atoms with Gasteiger partial charge in [0.15, 0.2) is 0 Å². The second-order valence-corrected chi connectivity index (χ2v) is 11.3. The molecule has 0 radical (unpaired) electrons. The lowest BCUT2D eigenvalue weighted by molar-refractivity contribution is 0.363. The van der Waals surface area contributed by atoms with Crippen molar-refractivity contribution in [3.8, 4) is 5.75 Å². The maximum absolute atomic E-state index is 5.65. The Kier molecular flexibility index (Phi) is 4.58. The molecule has 17 heavy (non-hydrogen) atoms. The van der Waals surface area contributed by atoms with Gasteiger partial charge < -0.3 is 4.74 Å². The summed E-state index contributed by atoms with van der Waals surface area (Å²) < 4.78 is 5.65. The Labute approximate surface area is 107 Å². The molecule has 0 unspecified atom stereocenters. The molecule has 0 atom stereocenters. The van der Waals surface area contributed by atoms with Crippen LogP contribution in [0.5, 0.6) is 5.75 Å². The van der Waals surface area contributed by atoms with Crippen LogP contribution >= 0.6 is 0 Å². The summed E-state index contributed by atoms with van der Waals surface area (Å²) in [5.74, 6) is 0.937. The van der Waals surface area contributed by atoms with Crippen molar-refractivity contribution in [2.75, 3.05) is 6.61 Å². The molecule has 2 heteroatoms. The highest BCUT2D eigenvalue weighted by Gasteiger charge is 2.32. The van der Waals surface area contributed by atoms with E-state index in [0.717, 1.165) is 5.75 Å². The highest BCUT2D eigenvalue weighted by Crippen LogP contribution is 2.36. The van der Waals surface area contributed by atoms with Crippen LogP contribution in [0.15, 0.2) is 42.1 Å². The standard InChI is InChI=1S/C15H24OSi/c1-15(2,3)17(4,5)13-9-12-16-14-10-7-6-8-11-14/h6-11,13H,12H2,1-5H3/b13-9+. The monoisotopic (exact) mass is 248 g/mol. The minimum atomic E-state index is -1.30. The minimum Gasteiger partial charge on any atom is -0.490 e. The average molecular weight is 248 g/mol. The number of hydrogen-bond acceptors (Lipinski definition) is 1. The molecule has 94 valence electrons. The molecule has 0 bridgehead atoms. The maximum atomic E-state index is 5.65. The lowest BCUT2D eigenvalue weighted by Crippen LogP contribution is -2.35. The molecule has 0 heterocycles. The Balaban J connectivity index is 2.47. The Morgan fingerprint density at radius 2 is 1.71 bits per heavy atom. The largest absolute Gasteiger partial charge is 0.490 e. The minimum absolute atomic E-state index is 0.399. The van der Waals surface area contributed by atoms with Crippen LogP contribution in [0, 0.1) is 0 Å². The van der Waals surface area contributed by atoms with Gasteiger partial charge in [-0.05, 0) is 17.2 Å². The van der Waals surface area contributed by atoms with E-state index in [2.05, 4.69) is 45.6 Å². The molecule has 1 nitrogen and oxygen atoms in total. The molecular weight excluding hydrogens is 224 g/mol. The van der Waals surface area contributed by atoms with Gasteiger partial charge in [-0.1, -0.05) is 63.8 Å². The normalized spacial score (nSPS) is 13.0. The van der Waals surface area contributed by atoms with Crippen molar-refractivity contribution in [2.24, 2.45) is 0 Å². The van der Waals surface area contributed by atoms with E-state index < -0.39 is 8.07 Å². The average Bonchev–Trinajstić information content (AvgIpc) is 2.24. The topological polar surface area (TPSA) is 9.23 Å². The molecule has 0 amide bonds. The lowest BCUT2D eigenvalue weighted by atomic mass is 10.2. The zero-order valence-corrected chi connectivity index (χ0v) is 12.7. The van der Waals surface area contributed by atoms with Crippen molar-refractivity contribution < 1.29 is 4.74 Å². The fraction of sp³-hybridized carbons (Fsp3) is 0.467. The number of hydrogen-bond donors (Lipinski definition) is 0. The van der Waals surface area contributed by atoms with E-state index in [4.69, 9.17) is 4.74 Å². The van der Waals surface area contributed by atoms with Crippen molar-refractivity contribution in [3.05, 3.63) is 42.1 Å². The summed E-state index contributed by atoms with van der Waals surface area (Å²) in [7, 11) is -1.30. The van der Waals surface area contributed by atoms with Gasteiger partial charge in [-0.15, -0.1) is 0 Å². The van der Waals surface area contributed by atoms with Gasteiger partial charge in [-0.2, -0.15) is 0 Å². The first-order chi connectivity index (χ1) is 7.83. The number of benzene rings is 1. The maximum Gasteiger partial charge on any atom is 0.119 e. The quantitative estimate of drug-likeness (QED) is 0.704. The van der Waals surface area contributed by atoms with Crippen molar-refractivity contribution in [3.63, 3.8) is 0 Å². The third kappa shape index (κ3) is 4.39. The fourth-order valence-corrected chi connectivity index (χ4v) is 2.44. The van der Waals surface area contributed by atoms with Crippen molar-refractivity contribution in [1.29, 1.82) is 0 Å². The Hall–Kier alpha value is -1.02. The first-order valence-electron chi connectivity index (χ1n) is 6.18. The fourth-order valence-electron chi connectivity index (χ4n) is 1.25. The van der Waals surface area contributed by atoms with E-state index in [0.29, 0.717) is 11.6 Å². The number of para-hydroxylation sites is 1. The van der Waals surface area contributed by atoms with Crippen LogP contribution < -0.4 is 4.74 Å². The van der Waals surface area contributed by atoms with Crippen LogP contribution in [0.1, 0.15) is 20.8 Å². The summed E-state index contributed by atoms with van der Waals surface area (Å²) in [6.45, 7) is 12.4. The van der Waals surface area contributed by atoms with Gasteiger partial charge in [0.1, 0.15) is 12.4 Å². The van der Waals surface area contributed by atoms with Crippen LogP contribution in [0.3, 0.4) is 0 Å². The highest BCUT2D eigenvalue weighted by atomic mass is 28.3. The summed E-state index contributed by atoms with van der Waals surface area (Å²) in [5, 5.41) is 0.399. The summed E-state index contributed by atoms with van der Waals surface area (Å²) in [4.78, 5) is 0. The van der Waals surface area contributed by atoms with Gasteiger partial charge in [0, 0.05) is 0 Å². The van der Waals surface area contributed by atoms with Crippen LogP contribution in [0.2, 0.25) is 18.1 Å². The molecule has 0 aliphatic rings. The van der Waals surface area contributed by atoms with E-state index in [1.54, 1.807) is 0 Å². The predicted octanol–water partition coefficient (Wildman–Crippen LogP) is 4.67. The SMILES string of the molecule is CC(C)(C)[Si](C)(C)/C=C/COc1ccccc1. The third-order valence-electron chi connectivity index (χ3n) is 3.56. The smallest absolute Gasteiger partial charge is 0.119 e. The summed E-state index contributed by atoms with van der Waals surface area (Å²) in [6, 6.07) is 9.96. The molecule has 0 saturated carbocycles. The molecule has 0 aliphatic heterocycles. The van der Waals surface area contributed by atoms with Crippen LogP contribution in [0.4, 0.5) is 0 Å². The predicted molar refractivity (Wildman–Crippen MR) is 78.3 cm³/mol. The Morgan fingerprint density at radius 1 is 1.12 bits per heavy atom. The van der Waals surface area contributed by atoms with Crippen molar-refractivity contribution in [1.82, 2.24) is 0 Å². The molecule has 1 aromatic carbocycles. The van der Waals surface area contributed by atoms with Crippen molar-refractivity contribution in [2.45, 2.75) is 38.9 Å². The van der Waals surface area contributed by atoms with E-state index in [-0.39, 0.29) is 0 Å². The zero-order chi connectivity index (χ0) is 12.9. The second-order valence-electron chi connectivity index (χ2n) is 6.00. The van der Waals surface area contributed by atoms with E-state index in [9.17, 15) is 0 Å². The molecule has 1 rings (SSSR count). The molecule has 0 saturated heterocycles. The van der Waals surface area contributed by atoms with E-state index >= 15 is 0 Å². The molecule has 0 aromatic heterocycles. The zero-order valence-electron chi connectivity index (χ0n) is 11.7. The second kappa shape index (κ2) is 5.54. The van der Waals surface area contributed by atoms with Gasteiger partial charge in [-0.25, -0.2) is 0 Å². The number of rotatable bonds is 4. The van der Waals surface area contributed by atoms with E-state index in [1.807, 2.05) is 30.3 Å². The van der Waals surface area contributed by atoms with Gasteiger partial charge in [0.25, 0.3) is 0 Å². The first-order valence-corrected chi connectivity index (χ1v) is 9.26. The van der Waals surface area contributed by atoms with Gasteiger partial charge in [-0.3, -0.25) is 0 Å². The van der Waals surface area contributed by atoms with Crippen LogP contribution in [0.25, 0.3) is 0 Å². The van der Waals surface area contributed by atoms with E-state index in [1.165, 1.54) is 0 Å². The van der Waals surface area contributed by atoms with Crippen LogP contribution in [-0.2, 0) is 0 Å². The number of ether oxygens (including phenoxy) is 1. The van der Waals surface area contributed by atoms with Gasteiger partial charge >= 0.3 is 0 Å². The summed E-state index contributed by atoms with van der Waals surface area (Å²) in [5.41, 5.74) is 2.38. The summed E-state index contributed by atoms with van der Waals surface area (Å²) in [6.07, 6.45) is 2.17. The first kappa shape index (κ1) is 14.0. The molecule has 0 N–H and O–H groups in total. The summed E-state index contributed by atoms with van der Waals surface area (Å²) >= 11 is 0. The highest BCUT2D eigenvalue weighted by molar-refractivity contribution is 6.84. The molecule has 0 fully saturated rings. The molecule has 1 aromatic rings. The Bertz CT molecular complexity index is 360.